The molecule has 0 bridgehead atoms. The quantitative estimate of drug-likeness (QED) is 0.127. The summed E-state index contributed by atoms with van der Waals surface area (Å²) >= 11 is 0. The third kappa shape index (κ3) is 13.8. The SMILES string of the molecule is CCCCCCCCCCCCCCCCCCN(CCCCC)[N+]1(C)C=NCC1. The van der Waals surface area contributed by atoms with Gasteiger partial charge >= 0.3 is 0 Å². The van der Waals surface area contributed by atoms with Gasteiger partial charge in [0.25, 0.3) is 0 Å². The average Bonchev–Trinajstić information content (AvgIpc) is 3.19. The zero-order chi connectivity index (χ0) is 21.8. The predicted molar refractivity (Wildman–Crippen MR) is 135 cm³/mol. The van der Waals surface area contributed by atoms with E-state index in [4.69, 9.17) is 0 Å². The van der Waals surface area contributed by atoms with Crippen molar-refractivity contribution in [3.05, 3.63) is 0 Å². The zero-order valence-corrected chi connectivity index (χ0v) is 21.2. The summed E-state index contributed by atoms with van der Waals surface area (Å²) in [5.41, 5.74) is 0. The molecule has 30 heavy (non-hydrogen) atoms. The molecule has 3 heteroatoms. The molecule has 0 saturated heterocycles. The summed E-state index contributed by atoms with van der Waals surface area (Å²) in [5, 5.41) is 2.68. The molecule has 1 aliphatic heterocycles. The summed E-state index contributed by atoms with van der Waals surface area (Å²) in [4.78, 5) is 4.52. The molecule has 1 aliphatic rings. The van der Waals surface area contributed by atoms with Gasteiger partial charge in [-0.15, -0.1) is 5.01 Å². The van der Waals surface area contributed by atoms with E-state index in [1.54, 1.807) is 0 Å². The van der Waals surface area contributed by atoms with Crippen molar-refractivity contribution in [1.29, 1.82) is 0 Å². The minimum absolute atomic E-state index is 0.947. The second kappa shape index (κ2) is 19.3. The van der Waals surface area contributed by atoms with Crippen LogP contribution < -0.4 is 0 Å². The Balaban J connectivity index is 1.92. The highest BCUT2D eigenvalue weighted by Gasteiger charge is 2.31. The van der Waals surface area contributed by atoms with Crippen LogP contribution in [0.15, 0.2) is 4.99 Å². The smallest absolute Gasteiger partial charge is 0.205 e. The van der Waals surface area contributed by atoms with E-state index in [9.17, 15) is 0 Å². The highest BCUT2D eigenvalue weighted by atomic mass is 15.8. The van der Waals surface area contributed by atoms with Crippen LogP contribution >= 0.6 is 0 Å². The van der Waals surface area contributed by atoms with Crippen LogP contribution in [-0.2, 0) is 0 Å². The van der Waals surface area contributed by atoms with Crippen molar-refractivity contribution < 1.29 is 4.59 Å². The highest BCUT2D eigenvalue weighted by molar-refractivity contribution is 5.47. The Morgan fingerprint density at radius 1 is 0.600 bits per heavy atom. The van der Waals surface area contributed by atoms with Crippen LogP contribution in [0.2, 0.25) is 0 Å². The first-order chi connectivity index (χ1) is 14.7. The fourth-order valence-corrected chi connectivity index (χ4v) is 4.72. The van der Waals surface area contributed by atoms with Crippen molar-refractivity contribution in [2.24, 2.45) is 4.99 Å². The molecule has 0 spiro atoms. The molecule has 1 heterocycles. The monoisotopic (exact) mass is 422 g/mol. The van der Waals surface area contributed by atoms with Crippen LogP contribution in [0.4, 0.5) is 0 Å². The average molecular weight is 423 g/mol. The molecule has 0 aromatic rings. The van der Waals surface area contributed by atoms with E-state index < -0.39 is 0 Å². The molecule has 1 rings (SSSR count). The van der Waals surface area contributed by atoms with Gasteiger partial charge in [0.15, 0.2) is 0 Å². The van der Waals surface area contributed by atoms with E-state index in [2.05, 4.69) is 37.2 Å². The Morgan fingerprint density at radius 3 is 1.37 bits per heavy atom. The summed E-state index contributed by atoms with van der Waals surface area (Å²) in [6.45, 7) is 9.23. The number of unbranched alkanes of at least 4 members (excludes halogenated alkanes) is 17. The molecule has 0 fully saturated rings. The van der Waals surface area contributed by atoms with E-state index in [1.807, 2.05) is 0 Å². The van der Waals surface area contributed by atoms with Gasteiger partial charge in [-0.25, -0.2) is 9.58 Å². The topological polar surface area (TPSA) is 15.6 Å². The number of nitrogens with zero attached hydrogens (tertiary/aromatic N) is 3. The lowest BCUT2D eigenvalue weighted by Gasteiger charge is -2.36. The molecule has 1 atom stereocenters. The molecule has 0 amide bonds. The highest BCUT2D eigenvalue weighted by Crippen LogP contribution is 2.16. The van der Waals surface area contributed by atoms with Crippen molar-refractivity contribution in [2.45, 2.75) is 136 Å². The first-order valence-corrected chi connectivity index (χ1v) is 13.8. The Bertz CT molecular complexity index is 396. The van der Waals surface area contributed by atoms with E-state index in [0.29, 0.717) is 0 Å². The molecular formula is C27H56N3+. The Morgan fingerprint density at radius 2 is 0.967 bits per heavy atom. The van der Waals surface area contributed by atoms with E-state index in [1.165, 1.54) is 135 Å². The van der Waals surface area contributed by atoms with Gasteiger partial charge in [0.05, 0.1) is 13.6 Å². The lowest BCUT2D eigenvalue weighted by Crippen LogP contribution is -2.56. The fourth-order valence-electron chi connectivity index (χ4n) is 4.72. The van der Waals surface area contributed by atoms with Crippen molar-refractivity contribution in [3.63, 3.8) is 0 Å². The molecule has 1 unspecified atom stereocenters. The van der Waals surface area contributed by atoms with Crippen molar-refractivity contribution in [3.8, 4) is 0 Å². The number of likely N-dealkylation sites (N-methyl/N-ethyl adjacent to an activating group) is 1. The normalized spacial score (nSPS) is 18.7. The Labute approximate surface area is 190 Å². The Hall–Kier alpha value is -0.410. The van der Waals surface area contributed by atoms with Gasteiger partial charge in [0.1, 0.15) is 6.54 Å². The number of hydrogen-bond acceptors (Lipinski definition) is 2. The number of hydrogen-bond donors (Lipinski definition) is 0. The van der Waals surface area contributed by atoms with Crippen LogP contribution in [0.5, 0.6) is 0 Å². The molecule has 3 nitrogen and oxygen atoms in total. The number of quaternary nitrogens is 1. The third-order valence-corrected chi connectivity index (χ3v) is 6.95. The van der Waals surface area contributed by atoms with Crippen molar-refractivity contribution in [2.75, 3.05) is 33.2 Å². The zero-order valence-electron chi connectivity index (χ0n) is 21.2. The second-order valence-corrected chi connectivity index (χ2v) is 9.92. The van der Waals surface area contributed by atoms with Gasteiger partial charge in [-0.2, -0.15) is 0 Å². The first-order valence-electron chi connectivity index (χ1n) is 13.8. The van der Waals surface area contributed by atoms with Crippen molar-refractivity contribution >= 4 is 6.34 Å². The molecule has 0 radical (unpaired) electrons. The summed E-state index contributed by atoms with van der Waals surface area (Å²) in [7, 11) is 2.34. The maximum Gasteiger partial charge on any atom is 0.205 e. The summed E-state index contributed by atoms with van der Waals surface area (Å²) in [6, 6.07) is 0. The van der Waals surface area contributed by atoms with Gasteiger partial charge in [0, 0.05) is 13.1 Å². The lowest BCUT2D eigenvalue weighted by atomic mass is 10.0. The van der Waals surface area contributed by atoms with E-state index in [0.717, 1.165) is 17.7 Å². The number of aliphatic imine (C=N–C) groups is 1. The third-order valence-electron chi connectivity index (χ3n) is 6.95. The predicted octanol–water partition coefficient (Wildman–Crippen LogP) is 8.14. The molecule has 0 saturated carbocycles. The molecule has 0 aromatic carbocycles. The maximum atomic E-state index is 4.52. The molecule has 0 aromatic heterocycles. The standard InChI is InChI=1S/C27H56N3/c1-4-6-8-9-10-11-12-13-14-15-16-17-18-19-20-22-25-29(24-21-7-5-2)30(3)26-23-28-27-30/h27H,4-26H2,1-3H3/q+1. The van der Waals surface area contributed by atoms with Crippen molar-refractivity contribution in [1.82, 2.24) is 5.01 Å². The van der Waals surface area contributed by atoms with Gasteiger partial charge in [0.2, 0.25) is 6.34 Å². The molecule has 0 N–H and O–H groups in total. The Kier molecular flexibility index (Phi) is 17.8. The van der Waals surface area contributed by atoms with Crippen LogP contribution in [0, 0.1) is 0 Å². The largest absolute Gasteiger partial charge is 0.234 e. The summed E-state index contributed by atoms with van der Waals surface area (Å²) in [5.74, 6) is 0. The number of rotatable bonds is 22. The first kappa shape index (κ1) is 27.6. The van der Waals surface area contributed by atoms with E-state index in [-0.39, 0.29) is 0 Å². The summed E-state index contributed by atoms with van der Waals surface area (Å²) in [6.07, 6.45) is 29.3. The molecule has 0 aliphatic carbocycles. The minimum atomic E-state index is 0.947. The fraction of sp³-hybridized carbons (Fsp3) is 0.963. The van der Waals surface area contributed by atoms with Gasteiger partial charge in [-0.05, 0) is 12.8 Å². The maximum absolute atomic E-state index is 4.52. The van der Waals surface area contributed by atoms with E-state index >= 15 is 0 Å². The second-order valence-electron chi connectivity index (χ2n) is 9.92. The lowest BCUT2D eigenvalue weighted by molar-refractivity contribution is -0.931. The van der Waals surface area contributed by atoms with Crippen LogP contribution in [0.3, 0.4) is 0 Å². The van der Waals surface area contributed by atoms with Crippen LogP contribution in [0.25, 0.3) is 0 Å². The van der Waals surface area contributed by atoms with Crippen LogP contribution in [-0.4, -0.2) is 49.2 Å². The molecular weight excluding hydrogens is 366 g/mol. The van der Waals surface area contributed by atoms with Gasteiger partial charge < -0.3 is 0 Å². The van der Waals surface area contributed by atoms with Gasteiger partial charge in [-0.3, -0.25) is 0 Å². The van der Waals surface area contributed by atoms with Gasteiger partial charge in [-0.1, -0.05) is 123 Å². The van der Waals surface area contributed by atoms with Crippen LogP contribution in [0.1, 0.15) is 136 Å². The minimum Gasteiger partial charge on any atom is -0.234 e. The summed E-state index contributed by atoms with van der Waals surface area (Å²) < 4.78 is 0.947. The molecule has 178 valence electrons.